The predicted octanol–water partition coefficient (Wildman–Crippen LogP) is 1.12. The highest BCUT2D eigenvalue weighted by atomic mass is 16.7. The average Bonchev–Trinajstić information content (AvgIpc) is 3.32. The quantitative estimate of drug-likeness (QED) is 0.814. The average molecular weight is 389 g/mol. The van der Waals surface area contributed by atoms with Crippen molar-refractivity contribution in [3.05, 3.63) is 23.8 Å². The first-order valence-electron chi connectivity index (χ1n) is 10.3. The maximum atomic E-state index is 13.3. The van der Waals surface area contributed by atoms with Crippen molar-refractivity contribution in [2.45, 2.75) is 19.4 Å². The van der Waals surface area contributed by atoms with E-state index in [2.05, 4.69) is 23.8 Å². The summed E-state index contributed by atoms with van der Waals surface area (Å²) in [6, 6.07) is 5.20. The number of likely N-dealkylation sites (N-methyl/N-ethyl adjacent to an activating group) is 1. The zero-order valence-electron chi connectivity index (χ0n) is 16.8. The van der Waals surface area contributed by atoms with Crippen LogP contribution in [0.2, 0.25) is 0 Å². The van der Waals surface area contributed by atoms with Gasteiger partial charge in [-0.15, -0.1) is 0 Å². The fourth-order valence-corrected chi connectivity index (χ4v) is 4.76. The number of ether oxygens (including phenoxy) is 2. The van der Waals surface area contributed by atoms with Crippen molar-refractivity contribution in [2.24, 2.45) is 11.8 Å². The number of nitrogens with zero attached hydrogens (tertiary/aromatic N) is 3. The second-order valence-corrected chi connectivity index (χ2v) is 8.21. The van der Waals surface area contributed by atoms with Crippen LogP contribution in [-0.4, -0.2) is 91.5 Å². The Kier molecular flexibility index (Phi) is 5.75. The van der Waals surface area contributed by atoms with Gasteiger partial charge in [-0.05, 0) is 37.1 Å². The topological polar surface area (TPSA) is 65.5 Å². The van der Waals surface area contributed by atoms with Crippen molar-refractivity contribution in [3.63, 3.8) is 0 Å². The van der Waals surface area contributed by atoms with Crippen LogP contribution in [0.1, 0.15) is 23.7 Å². The van der Waals surface area contributed by atoms with Gasteiger partial charge in [0.05, 0.1) is 12.6 Å². The maximum Gasteiger partial charge on any atom is 0.254 e. The van der Waals surface area contributed by atoms with Crippen LogP contribution in [-0.2, 0) is 0 Å². The Morgan fingerprint density at radius 3 is 2.64 bits per heavy atom. The van der Waals surface area contributed by atoms with Gasteiger partial charge in [0.15, 0.2) is 11.5 Å². The number of carbonyl (C=O) groups is 1. The fraction of sp³-hybridized carbons (Fsp3) is 0.667. The molecule has 4 rings (SSSR count). The largest absolute Gasteiger partial charge is 0.454 e. The molecular formula is C21H31N3O4. The zero-order chi connectivity index (χ0) is 19.7. The maximum absolute atomic E-state index is 13.3. The monoisotopic (exact) mass is 389 g/mol. The van der Waals surface area contributed by atoms with Gasteiger partial charge in [0.25, 0.3) is 5.91 Å². The second kappa shape index (κ2) is 8.27. The number of aliphatic hydroxyl groups excluding tert-OH is 1. The molecule has 0 aliphatic carbocycles. The number of carbonyl (C=O) groups excluding carboxylic acids is 1. The SMILES string of the molecule is CC[C@@H]1CN(C(=O)c2ccc3c(c2)OCO3)[C@H](CO)[C@@H]1CN1CCN(C)CC1. The Balaban J connectivity index is 1.50. The van der Waals surface area contributed by atoms with Crippen LogP contribution in [0, 0.1) is 11.8 Å². The molecule has 3 aliphatic heterocycles. The standard InChI is InChI=1S/C21H31N3O4/c1-3-15-11-24(21(26)16-4-5-19-20(10-16)28-14-27-19)18(13-25)17(15)12-23-8-6-22(2)7-9-23/h4-5,10,15,17-18,25H,3,6-9,11-14H2,1-2H3/t15-,17-,18-/m1/s1. The van der Waals surface area contributed by atoms with Crippen LogP contribution in [0.5, 0.6) is 11.5 Å². The summed E-state index contributed by atoms with van der Waals surface area (Å²) in [5, 5.41) is 10.2. The minimum absolute atomic E-state index is 0.00516. The van der Waals surface area contributed by atoms with Crippen molar-refractivity contribution in [1.82, 2.24) is 14.7 Å². The third-order valence-electron chi connectivity index (χ3n) is 6.59. The number of benzene rings is 1. The summed E-state index contributed by atoms with van der Waals surface area (Å²) < 4.78 is 10.8. The Hall–Kier alpha value is -1.83. The molecule has 1 N–H and O–H groups in total. The van der Waals surface area contributed by atoms with E-state index in [1.54, 1.807) is 18.2 Å². The summed E-state index contributed by atoms with van der Waals surface area (Å²) in [5.41, 5.74) is 0.595. The highest BCUT2D eigenvalue weighted by molar-refractivity contribution is 5.95. The van der Waals surface area contributed by atoms with Gasteiger partial charge in [0.1, 0.15) is 0 Å². The number of hydrogen-bond donors (Lipinski definition) is 1. The molecule has 0 bridgehead atoms. The third kappa shape index (κ3) is 3.71. The van der Waals surface area contributed by atoms with Gasteiger partial charge >= 0.3 is 0 Å². The summed E-state index contributed by atoms with van der Waals surface area (Å²) in [4.78, 5) is 20.0. The molecule has 3 aliphatic rings. The van der Waals surface area contributed by atoms with E-state index in [1.807, 2.05) is 4.90 Å². The third-order valence-corrected chi connectivity index (χ3v) is 6.59. The van der Waals surface area contributed by atoms with Crippen molar-refractivity contribution < 1.29 is 19.4 Å². The molecule has 0 radical (unpaired) electrons. The molecule has 0 aromatic heterocycles. The fourth-order valence-electron chi connectivity index (χ4n) is 4.76. The zero-order valence-corrected chi connectivity index (χ0v) is 16.8. The smallest absolute Gasteiger partial charge is 0.254 e. The molecule has 0 unspecified atom stereocenters. The van der Waals surface area contributed by atoms with Crippen LogP contribution in [0.4, 0.5) is 0 Å². The molecule has 3 heterocycles. The van der Waals surface area contributed by atoms with E-state index < -0.39 is 0 Å². The lowest BCUT2D eigenvalue weighted by Gasteiger charge is -2.36. The predicted molar refractivity (Wildman–Crippen MR) is 106 cm³/mol. The molecule has 1 aromatic rings. The number of aliphatic hydroxyl groups is 1. The van der Waals surface area contributed by atoms with E-state index >= 15 is 0 Å². The van der Waals surface area contributed by atoms with Crippen LogP contribution in [0.25, 0.3) is 0 Å². The van der Waals surface area contributed by atoms with Crippen molar-refractivity contribution in [2.75, 3.05) is 59.7 Å². The summed E-state index contributed by atoms with van der Waals surface area (Å²) >= 11 is 0. The molecular weight excluding hydrogens is 358 g/mol. The normalized spacial score (nSPS) is 28.1. The number of rotatable bonds is 5. The number of fused-ring (bicyclic) bond motifs is 1. The van der Waals surface area contributed by atoms with E-state index in [4.69, 9.17) is 9.47 Å². The number of piperazine rings is 1. The Morgan fingerprint density at radius 1 is 1.18 bits per heavy atom. The highest BCUT2D eigenvalue weighted by Crippen LogP contribution is 2.36. The second-order valence-electron chi connectivity index (χ2n) is 8.21. The molecule has 28 heavy (non-hydrogen) atoms. The van der Waals surface area contributed by atoms with Gasteiger partial charge < -0.3 is 29.3 Å². The molecule has 0 saturated carbocycles. The molecule has 2 fully saturated rings. The van der Waals surface area contributed by atoms with E-state index in [-0.39, 0.29) is 25.3 Å². The number of hydrogen-bond acceptors (Lipinski definition) is 6. The van der Waals surface area contributed by atoms with Crippen molar-refractivity contribution >= 4 is 5.91 Å². The first-order chi connectivity index (χ1) is 13.6. The Bertz CT molecular complexity index is 705. The molecule has 7 nitrogen and oxygen atoms in total. The molecule has 3 atom stereocenters. The first kappa shape index (κ1) is 19.5. The Labute approximate surface area is 166 Å². The molecule has 1 aromatic carbocycles. The van der Waals surface area contributed by atoms with Crippen LogP contribution >= 0.6 is 0 Å². The molecule has 154 valence electrons. The summed E-state index contributed by atoms with van der Waals surface area (Å²) in [6.07, 6.45) is 1.01. The van der Waals surface area contributed by atoms with Crippen LogP contribution in [0.15, 0.2) is 18.2 Å². The van der Waals surface area contributed by atoms with Crippen LogP contribution < -0.4 is 9.47 Å². The molecule has 0 spiro atoms. The molecule has 1 amide bonds. The minimum atomic E-state index is -0.137. The number of likely N-dealkylation sites (tertiary alicyclic amines) is 1. The number of amides is 1. The van der Waals surface area contributed by atoms with Crippen molar-refractivity contribution in [3.8, 4) is 11.5 Å². The first-order valence-corrected chi connectivity index (χ1v) is 10.3. The van der Waals surface area contributed by atoms with Crippen molar-refractivity contribution in [1.29, 1.82) is 0 Å². The molecule has 2 saturated heterocycles. The van der Waals surface area contributed by atoms with Gasteiger partial charge in [0.2, 0.25) is 6.79 Å². The lowest BCUT2D eigenvalue weighted by Crippen LogP contribution is -2.49. The lowest BCUT2D eigenvalue weighted by atomic mass is 9.88. The van der Waals surface area contributed by atoms with E-state index in [0.717, 1.165) is 39.1 Å². The lowest BCUT2D eigenvalue weighted by molar-refractivity contribution is 0.0591. The van der Waals surface area contributed by atoms with E-state index in [0.29, 0.717) is 35.4 Å². The molecule has 7 heteroatoms. The summed E-state index contributed by atoms with van der Waals surface area (Å²) in [6.45, 7) is 8.29. The van der Waals surface area contributed by atoms with Gasteiger partial charge in [-0.1, -0.05) is 13.3 Å². The van der Waals surface area contributed by atoms with Gasteiger partial charge in [-0.3, -0.25) is 4.79 Å². The van der Waals surface area contributed by atoms with Gasteiger partial charge in [-0.2, -0.15) is 0 Å². The highest BCUT2D eigenvalue weighted by Gasteiger charge is 2.43. The van der Waals surface area contributed by atoms with Gasteiger partial charge in [-0.25, -0.2) is 0 Å². The van der Waals surface area contributed by atoms with Crippen LogP contribution in [0.3, 0.4) is 0 Å². The minimum Gasteiger partial charge on any atom is -0.454 e. The van der Waals surface area contributed by atoms with Gasteiger partial charge in [0, 0.05) is 44.8 Å². The van der Waals surface area contributed by atoms with E-state index in [1.165, 1.54) is 0 Å². The Morgan fingerprint density at radius 2 is 1.93 bits per heavy atom. The van der Waals surface area contributed by atoms with E-state index in [9.17, 15) is 9.90 Å². The summed E-state index contributed by atoms with van der Waals surface area (Å²) in [5.74, 6) is 1.98. The summed E-state index contributed by atoms with van der Waals surface area (Å²) in [7, 11) is 2.16.